The molecule has 96 valence electrons. The summed E-state index contributed by atoms with van der Waals surface area (Å²) in [4.78, 5) is 10.9. The van der Waals surface area contributed by atoms with Crippen molar-refractivity contribution in [3.63, 3.8) is 0 Å². The van der Waals surface area contributed by atoms with Gasteiger partial charge in [-0.05, 0) is 28.8 Å². The van der Waals surface area contributed by atoms with Crippen LogP contribution in [0.4, 0.5) is 4.39 Å². The second kappa shape index (κ2) is 4.48. The van der Waals surface area contributed by atoms with E-state index in [4.69, 9.17) is 9.84 Å². The van der Waals surface area contributed by atoms with E-state index in [1.54, 1.807) is 18.2 Å². The van der Waals surface area contributed by atoms with Crippen molar-refractivity contribution in [1.29, 1.82) is 0 Å². The summed E-state index contributed by atoms with van der Waals surface area (Å²) >= 11 is 0. The summed E-state index contributed by atoms with van der Waals surface area (Å²) in [5.41, 5.74) is 2.78. The Morgan fingerprint density at radius 2 is 1.95 bits per heavy atom. The number of carboxylic acids is 1. The molecule has 1 N–H and O–H groups in total. The summed E-state index contributed by atoms with van der Waals surface area (Å²) in [6.07, 6.45) is 0. The number of fused-ring (bicyclic) bond motifs is 1. The van der Waals surface area contributed by atoms with Gasteiger partial charge in [0.05, 0.1) is 18.8 Å². The molecule has 2 aromatic carbocycles. The van der Waals surface area contributed by atoms with Crippen LogP contribution in [-0.4, -0.2) is 11.1 Å². The minimum Gasteiger partial charge on any atom is -0.478 e. The van der Waals surface area contributed by atoms with E-state index in [0.717, 1.165) is 11.1 Å². The first-order valence-corrected chi connectivity index (χ1v) is 5.88. The highest BCUT2D eigenvalue weighted by Gasteiger charge is 2.17. The maximum atomic E-state index is 14.1. The Labute approximate surface area is 109 Å². The molecular weight excluding hydrogens is 247 g/mol. The molecule has 1 aliphatic heterocycles. The van der Waals surface area contributed by atoms with Gasteiger partial charge in [0.15, 0.2) is 0 Å². The lowest BCUT2D eigenvalue weighted by Gasteiger charge is -2.07. The number of hydrogen-bond acceptors (Lipinski definition) is 2. The summed E-state index contributed by atoms with van der Waals surface area (Å²) in [6.45, 7) is 1.09. The van der Waals surface area contributed by atoms with E-state index in [-0.39, 0.29) is 5.56 Å². The second-order valence-corrected chi connectivity index (χ2v) is 4.45. The van der Waals surface area contributed by atoms with Crippen LogP contribution in [0.2, 0.25) is 0 Å². The van der Waals surface area contributed by atoms with Crippen molar-refractivity contribution in [3.8, 4) is 11.1 Å². The van der Waals surface area contributed by atoms with Gasteiger partial charge in [-0.3, -0.25) is 0 Å². The lowest BCUT2D eigenvalue weighted by molar-refractivity contribution is 0.0692. The Balaban J connectivity index is 2.12. The molecule has 1 heterocycles. The largest absolute Gasteiger partial charge is 0.478 e. The van der Waals surface area contributed by atoms with E-state index in [9.17, 15) is 9.18 Å². The van der Waals surface area contributed by atoms with Crippen molar-refractivity contribution < 1.29 is 19.0 Å². The van der Waals surface area contributed by atoms with Crippen LogP contribution in [0.1, 0.15) is 21.5 Å². The topological polar surface area (TPSA) is 46.5 Å². The molecule has 0 amide bonds. The first kappa shape index (κ1) is 11.9. The van der Waals surface area contributed by atoms with Gasteiger partial charge in [-0.2, -0.15) is 0 Å². The van der Waals surface area contributed by atoms with Gasteiger partial charge in [0, 0.05) is 5.56 Å². The highest BCUT2D eigenvalue weighted by Crippen LogP contribution is 2.29. The molecule has 0 aromatic heterocycles. The predicted octanol–water partition coefficient (Wildman–Crippen LogP) is 3.22. The van der Waals surface area contributed by atoms with Crippen LogP contribution in [0, 0.1) is 5.82 Å². The van der Waals surface area contributed by atoms with Gasteiger partial charge in [-0.15, -0.1) is 0 Å². The third-order valence-electron chi connectivity index (χ3n) is 3.26. The molecular formula is C15H11FO3. The van der Waals surface area contributed by atoms with Crippen molar-refractivity contribution in [2.45, 2.75) is 13.2 Å². The molecule has 0 atom stereocenters. The minimum absolute atomic E-state index is 0.301. The van der Waals surface area contributed by atoms with E-state index in [1.165, 1.54) is 6.07 Å². The Morgan fingerprint density at radius 1 is 1.16 bits per heavy atom. The van der Waals surface area contributed by atoms with Crippen molar-refractivity contribution in [2.24, 2.45) is 0 Å². The van der Waals surface area contributed by atoms with E-state index in [1.807, 2.05) is 12.1 Å². The third kappa shape index (κ3) is 2.00. The van der Waals surface area contributed by atoms with E-state index in [2.05, 4.69) is 0 Å². The van der Waals surface area contributed by atoms with E-state index in [0.29, 0.717) is 24.3 Å². The first-order valence-electron chi connectivity index (χ1n) is 5.88. The molecule has 0 bridgehead atoms. The lowest BCUT2D eigenvalue weighted by Crippen LogP contribution is -2.01. The highest BCUT2D eigenvalue weighted by molar-refractivity contribution is 5.90. The molecule has 0 unspecified atom stereocenters. The summed E-state index contributed by atoms with van der Waals surface area (Å²) in [5, 5.41) is 8.93. The second-order valence-electron chi connectivity index (χ2n) is 4.45. The van der Waals surface area contributed by atoms with Crippen LogP contribution in [-0.2, 0) is 18.0 Å². The van der Waals surface area contributed by atoms with Gasteiger partial charge in [-0.25, -0.2) is 9.18 Å². The number of rotatable bonds is 2. The molecule has 0 saturated carbocycles. The fraction of sp³-hybridized carbons (Fsp3) is 0.133. The van der Waals surface area contributed by atoms with Gasteiger partial charge in [0.25, 0.3) is 0 Å². The summed E-state index contributed by atoms with van der Waals surface area (Å²) in [6, 6.07) is 9.93. The van der Waals surface area contributed by atoms with Crippen molar-refractivity contribution in [2.75, 3.05) is 0 Å². The number of benzene rings is 2. The zero-order valence-electron chi connectivity index (χ0n) is 10.0. The zero-order chi connectivity index (χ0) is 13.4. The van der Waals surface area contributed by atoms with Crippen molar-refractivity contribution in [1.82, 2.24) is 0 Å². The van der Waals surface area contributed by atoms with E-state index >= 15 is 0 Å². The Bertz CT molecular complexity index is 664. The lowest BCUT2D eigenvalue weighted by atomic mass is 9.98. The van der Waals surface area contributed by atoms with Crippen LogP contribution in [0.3, 0.4) is 0 Å². The Morgan fingerprint density at radius 3 is 2.74 bits per heavy atom. The molecule has 3 nitrogen and oxygen atoms in total. The molecule has 1 aliphatic rings. The third-order valence-corrected chi connectivity index (χ3v) is 3.26. The molecule has 0 saturated heterocycles. The number of hydrogen-bond donors (Lipinski definition) is 1. The molecule has 19 heavy (non-hydrogen) atoms. The number of ether oxygens (including phenoxy) is 1. The molecule has 4 heteroatoms. The van der Waals surface area contributed by atoms with Gasteiger partial charge in [-0.1, -0.05) is 24.3 Å². The van der Waals surface area contributed by atoms with Crippen molar-refractivity contribution in [3.05, 3.63) is 58.9 Å². The normalized spacial score (nSPS) is 13.3. The maximum Gasteiger partial charge on any atom is 0.338 e. The SMILES string of the molecule is O=C(O)c1cccc(-c2ccc3c(c2)COC3)c1F. The molecule has 2 aromatic rings. The van der Waals surface area contributed by atoms with Gasteiger partial charge in [0.2, 0.25) is 0 Å². The average Bonchev–Trinajstić information content (AvgIpc) is 2.85. The maximum absolute atomic E-state index is 14.1. The van der Waals surface area contributed by atoms with Gasteiger partial charge in [0.1, 0.15) is 5.82 Å². The van der Waals surface area contributed by atoms with Crippen LogP contribution < -0.4 is 0 Å². The number of carboxylic acid groups (broad SMARTS) is 1. The summed E-state index contributed by atoms with van der Waals surface area (Å²) in [7, 11) is 0. The first-order chi connectivity index (χ1) is 9.16. The van der Waals surface area contributed by atoms with Crippen LogP contribution >= 0.6 is 0 Å². The quantitative estimate of drug-likeness (QED) is 0.899. The smallest absolute Gasteiger partial charge is 0.338 e. The highest BCUT2D eigenvalue weighted by atomic mass is 19.1. The fourth-order valence-corrected chi connectivity index (χ4v) is 2.26. The molecule has 0 radical (unpaired) electrons. The van der Waals surface area contributed by atoms with Gasteiger partial charge >= 0.3 is 5.97 Å². The fourth-order valence-electron chi connectivity index (χ4n) is 2.26. The molecule has 3 rings (SSSR count). The minimum atomic E-state index is -1.26. The zero-order valence-corrected chi connectivity index (χ0v) is 10.0. The predicted molar refractivity (Wildman–Crippen MR) is 67.3 cm³/mol. The Hall–Kier alpha value is -2.20. The van der Waals surface area contributed by atoms with Gasteiger partial charge < -0.3 is 9.84 Å². The standard InChI is InChI=1S/C15H11FO3/c16-14-12(2-1-3-13(14)15(17)18)9-4-5-10-7-19-8-11(10)6-9/h1-6H,7-8H2,(H,17,18). The van der Waals surface area contributed by atoms with Crippen LogP contribution in [0.25, 0.3) is 11.1 Å². The summed E-state index contributed by atoms with van der Waals surface area (Å²) in [5.74, 6) is -1.96. The summed E-state index contributed by atoms with van der Waals surface area (Å²) < 4.78 is 19.5. The number of carbonyl (C=O) groups is 1. The Kier molecular flexibility index (Phi) is 2.80. The average molecular weight is 258 g/mol. The van der Waals surface area contributed by atoms with E-state index < -0.39 is 11.8 Å². The number of halogens is 1. The van der Waals surface area contributed by atoms with Crippen molar-refractivity contribution >= 4 is 5.97 Å². The number of aromatic carboxylic acids is 1. The molecule has 0 fully saturated rings. The van der Waals surface area contributed by atoms with Crippen LogP contribution in [0.5, 0.6) is 0 Å². The monoisotopic (exact) mass is 258 g/mol. The molecule has 0 aliphatic carbocycles. The van der Waals surface area contributed by atoms with Crippen LogP contribution in [0.15, 0.2) is 36.4 Å². The molecule has 0 spiro atoms.